The van der Waals surface area contributed by atoms with E-state index in [1.54, 1.807) is 0 Å². The van der Waals surface area contributed by atoms with Crippen LogP contribution in [0.3, 0.4) is 0 Å². The van der Waals surface area contributed by atoms with Gasteiger partial charge in [0.2, 0.25) is 0 Å². The van der Waals surface area contributed by atoms with Crippen LogP contribution in [-0.4, -0.2) is 35.3 Å². The number of nitrogens with one attached hydrogen (secondary N) is 2. The maximum absolute atomic E-state index is 12.2. The maximum atomic E-state index is 12.2. The standard InChI is InChI=1S/C20H28N4O.ClH/c25-20(19-12-15-24(23-19)18-11-7-13-21-16-18)22-14-6-2-5-10-17-8-3-1-4-9-17;/h1,3-4,8-9,12,15,18,21H,2,5-7,10-11,13-14,16H2,(H,22,25);1H. The smallest absolute Gasteiger partial charge is 0.271 e. The molecule has 1 fully saturated rings. The Morgan fingerprint density at radius 3 is 2.81 bits per heavy atom. The van der Waals surface area contributed by atoms with Gasteiger partial charge >= 0.3 is 0 Å². The molecule has 1 aliphatic heterocycles. The van der Waals surface area contributed by atoms with Gasteiger partial charge in [0.15, 0.2) is 0 Å². The van der Waals surface area contributed by atoms with E-state index >= 15 is 0 Å². The van der Waals surface area contributed by atoms with E-state index in [1.807, 2.05) is 23.0 Å². The van der Waals surface area contributed by atoms with Crippen LogP contribution in [0.1, 0.15) is 54.2 Å². The molecular weight excluding hydrogens is 348 g/mol. The number of carbonyl (C=O) groups excluding carboxylic acids is 1. The predicted molar refractivity (Wildman–Crippen MR) is 107 cm³/mol. The van der Waals surface area contributed by atoms with Gasteiger partial charge in [0, 0.05) is 19.3 Å². The molecule has 142 valence electrons. The molecule has 0 radical (unpaired) electrons. The van der Waals surface area contributed by atoms with Crippen molar-refractivity contribution in [1.29, 1.82) is 0 Å². The number of hydrogen-bond acceptors (Lipinski definition) is 3. The number of carbonyl (C=O) groups is 1. The summed E-state index contributed by atoms with van der Waals surface area (Å²) < 4.78 is 1.93. The minimum Gasteiger partial charge on any atom is -0.351 e. The molecule has 1 saturated heterocycles. The van der Waals surface area contributed by atoms with Crippen molar-refractivity contribution in [1.82, 2.24) is 20.4 Å². The van der Waals surface area contributed by atoms with E-state index in [0.29, 0.717) is 18.3 Å². The molecule has 1 unspecified atom stereocenters. The van der Waals surface area contributed by atoms with Gasteiger partial charge in [0.05, 0.1) is 6.04 Å². The second kappa shape index (κ2) is 11.0. The summed E-state index contributed by atoms with van der Waals surface area (Å²) in [6, 6.07) is 12.7. The lowest BCUT2D eigenvalue weighted by atomic mass is 10.1. The normalized spacial score (nSPS) is 16.7. The zero-order valence-electron chi connectivity index (χ0n) is 15.2. The van der Waals surface area contributed by atoms with E-state index in [9.17, 15) is 4.79 Å². The Balaban J connectivity index is 0.00000243. The van der Waals surface area contributed by atoms with Crippen LogP contribution in [0, 0.1) is 0 Å². The van der Waals surface area contributed by atoms with Crippen LogP contribution >= 0.6 is 12.4 Å². The number of halogens is 1. The molecule has 1 aliphatic rings. The van der Waals surface area contributed by atoms with Crippen LogP contribution < -0.4 is 10.6 Å². The molecule has 1 aromatic heterocycles. The zero-order chi connectivity index (χ0) is 17.3. The summed E-state index contributed by atoms with van der Waals surface area (Å²) in [7, 11) is 0. The summed E-state index contributed by atoms with van der Waals surface area (Å²) >= 11 is 0. The third-order valence-electron chi connectivity index (χ3n) is 4.76. The Hall–Kier alpha value is -1.85. The first kappa shape index (κ1) is 20.5. The average Bonchev–Trinajstić information content (AvgIpc) is 3.16. The number of piperidine rings is 1. The van der Waals surface area contributed by atoms with Gasteiger partial charge in [-0.3, -0.25) is 9.48 Å². The lowest BCUT2D eigenvalue weighted by molar-refractivity contribution is 0.0946. The molecule has 2 N–H and O–H groups in total. The van der Waals surface area contributed by atoms with Crippen molar-refractivity contribution in [2.24, 2.45) is 0 Å². The van der Waals surface area contributed by atoms with Gasteiger partial charge in [-0.05, 0) is 50.3 Å². The molecule has 5 nitrogen and oxygen atoms in total. The van der Waals surface area contributed by atoms with Gasteiger partial charge in [-0.25, -0.2) is 0 Å². The lowest BCUT2D eigenvalue weighted by Crippen LogP contribution is -2.32. The Bertz CT molecular complexity index is 653. The second-order valence-corrected chi connectivity index (χ2v) is 6.73. The Labute approximate surface area is 162 Å². The Morgan fingerprint density at radius 1 is 1.19 bits per heavy atom. The summed E-state index contributed by atoms with van der Waals surface area (Å²) in [5, 5.41) is 10.8. The van der Waals surface area contributed by atoms with Crippen molar-refractivity contribution in [3.8, 4) is 0 Å². The van der Waals surface area contributed by atoms with Crippen LogP contribution in [0.5, 0.6) is 0 Å². The number of nitrogens with zero attached hydrogens (tertiary/aromatic N) is 2. The summed E-state index contributed by atoms with van der Waals surface area (Å²) in [4.78, 5) is 12.2. The third kappa shape index (κ3) is 6.15. The molecule has 6 heteroatoms. The van der Waals surface area contributed by atoms with E-state index in [2.05, 4.69) is 40.0 Å². The van der Waals surface area contributed by atoms with E-state index in [4.69, 9.17) is 0 Å². The van der Waals surface area contributed by atoms with Crippen molar-refractivity contribution in [3.05, 3.63) is 53.9 Å². The van der Waals surface area contributed by atoms with Crippen LogP contribution in [0.4, 0.5) is 0 Å². The molecular formula is C20H29ClN4O. The fourth-order valence-corrected chi connectivity index (χ4v) is 3.29. The topological polar surface area (TPSA) is 59.0 Å². The monoisotopic (exact) mass is 376 g/mol. The molecule has 0 aliphatic carbocycles. The number of unbranched alkanes of at least 4 members (excludes halogenated alkanes) is 2. The van der Waals surface area contributed by atoms with Gasteiger partial charge in [-0.2, -0.15) is 5.10 Å². The molecule has 2 aromatic rings. The molecule has 0 spiro atoms. The summed E-state index contributed by atoms with van der Waals surface area (Å²) in [6.45, 7) is 2.73. The minimum absolute atomic E-state index is 0. The average molecular weight is 377 g/mol. The maximum Gasteiger partial charge on any atom is 0.271 e. The van der Waals surface area contributed by atoms with E-state index in [-0.39, 0.29) is 18.3 Å². The van der Waals surface area contributed by atoms with Crippen molar-refractivity contribution in [2.75, 3.05) is 19.6 Å². The largest absolute Gasteiger partial charge is 0.351 e. The molecule has 0 bridgehead atoms. The van der Waals surface area contributed by atoms with Gasteiger partial charge in [-0.1, -0.05) is 36.8 Å². The third-order valence-corrected chi connectivity index (χ3v) is 4.76. The van der Waals surface area contributed by atoms with Crippen LogP contribution in [0.25, 0.3) is 0 Å². The first-order chi connectivity index (χ1) is 12.3. The fourth-order valence-electron chi connectivity index (χ4n) is 3.29. The van der Waals surface area contributed by atoms with Crippen LogP contribution in [-0.2, 0) is 6.42 Å². The summed E-state index contributed by atoms with van der Waals surface area (Å²) in [6.07, 6.45) is 8.60. The highest BCUT2D eigenvalue weighted by atomic mass is 35.5. The number of aromatic nitrogens is 2. The fraction of sp³-hybridized carbons (Fsp3) is 0.500. The summed E-state index contributed by atoms with van der Waals surface area (Å²) in [5.74, 6) is -0.0643. The second-order valence-electron chi connectivity index (χ2n) is 6.73. The predicted octanol–water partition coefficient (Wildman–Crippen LogP) is 3.37. The van der Waals surface area contributed by atoms with Gasteiger partial charge in [0.25, 0.3) is 5.91 Å². The van der Waals surface area contributed by atoms with Crippen molar-refractivity contribution in [3.63, 3.8) is 0 Å². The van der Waals surface area contributed by atoms with E-state index < -0.39 is 0 Å². The number of aryl methyl sites for hydroxylation is 1. The zero-order valence-corrected chi connectivity index (χ0v) is 16.0. The van der Waals surface area contributed by atoms with Crippen LogP contribution in [0.2, 0.25) is 0 Å². The molecule has 0 saturated carbocycles. The van der Waals surface area contributed by atoms with Crippen molar-refractivity contribution >= 4 is 18.3 Å². The molecule has 1 amide bonds. The van der Waals surface area contributed by atoms with E-state index in [0.717, 1.165) is 51.6 Å². The first-order valence-electron chi connectivity index (χ1n) is 9.41. The number of benzene rings is 1. The lowest BCUT2D eigenvalue weighted by Gasteiger charge is -2.22. The van der Waals surface area contributed by atoms with Crippen molar-refractivity contribution in [2.45, 2.75) is 44.6 Å². The number of rotatable bonds is 8. The van der Waals surface area contributed by atoms with Crippen molar-refractivity contribution < 1.29 is 4.79 Å². The van der Waals surface area contributed by atoms with Crippen LogP contribution in [0.15, 0.2) is 42.6 Å². The highest BCUT2D eigenvalue weighted by Crippen LogP contribution is 2.15. The molecule has 26 heavy (non-hydrogen) atoms. The van der Waals surface area contributed by atoms with Gasteiger partial charge in [0.1, 0.15) is 5.69 Å². The first-order valence-corrected chi connectivity index (χ1v) is 9.41. The molecule has 2 heterocycles. The Morgan fingerprint density at radius 2 is 2.04 bits per heavy atom. The summed E-state index contributed by atoms with van der Waals surface area (Å²) in [5.41, 5.74) is 1.91. The number of amides is 1. The minimum atomic E-state index is -0.0643. The highest BCUT2D eigenvalue weighted by Gasteiger charge is 2.17. The quantitative estimate of drug-likeness (QED) is 0.694. The van der Waals surface area contributed by atoms with Gasteiger partial charge in [-0.15, -0.1) is 12.4 Å². The molecule has 1 atom stereocenters. The Kier molecular flexibility index (Phi) is 8.65. The SMILES string of the molecule is Cl.O=C(NCCCCCc1ccccc1)c1ccn(C2CCCNC2)n1. The van der Waals surface area contributed by atoms with Gasteiger partial charge < -0.3 is 10.6 Å². The molecule has 3 rings (SSSR count). The highest BCUT2D eigenvalue weighted by molar-refractivity contribution is 5.92. The number of hydrogen-bond donors (Lipinski definition) is 2. The molecule has 1 aromatic carbocycles. The van der Waals surface area contributed by atoms with E-state index in [1.165, 1.54) is 5.56 Å².